The van der Waals surface area contributed by atoms with Gasteiger partial charge >= 0.3 is 0 Å². The minimum atomic E-state index is -0.488. The van der Waals surface area contributed by atoms with Crippen molar-refractivity contribution in [1.82, 2.24) is 4.98 Å². The zero-order chi connectivity index (χ0) is 12.0. The minimum absolute atomic E-state index is 0. The molecule has 0 spiro atoms. The maximum atomic E-state index is 11.6. The third kappa shape index (κ3) is 5.01. The first kappa shape index (κ1) is 15.7. The highest BCUT2D eigenvalue weighted by molar-refractivity contribution is 5.93. The highest BCUT2D eigenvalue weighted by Crippen LogP contribution is 2.13. The molecule has 0 aliphatic carbocycles. The molecule has 3 N–H and O–H groups in total. The number of carbonyl (C=O) groups excluding carboxylic acids is 1. The Bertz CT molecular complexity index is 360. The fraction of sp³-hybridized carbons (Fsp3) is 0.455. The van der Waals surface area contributed by atoms with Crippen LogP contribution in [0.15, 0.2) is 18.3 Å². The zero-order valence-corrected chi connectivity index (χ0v) is 10.8. The van der Waals surface area contributed by atoms with E-state index in [9.17, 15) is 4.79 Å². The summed E-state index contributed by atoms with van der Waals surface area (Å²) in [6, 6.07) is 2.87. The molecule has 0 bridgehead atoms. The van der Waals surface area contributed by atoms with Crippen LogP contribution in [-0.2, 0) is 4.79 Å². The number of hydrogen-bond donors (Lipinski definition) is 2. The molecular weight excluding hydrogens is 242 g/mol. The van der Waals surface area contributed by atoms with Gasteiger partial charge in [-0.05, 0) is 12.5 Å². The van der Waals surface area contributed by atoms with Crippen LogP contribution in [-0.4, -0.2) is 24.0 Å². The Morgan fingerprint density at radius 2 is 2.35 bits per heavy atom. The van der Waals surface area contributed by atoms with Gasteiger partial charge in [-0.3, -0.25) is 4.79 Å². The van der Waals surface area contributed by atoms with Gasteiger partial charge in [0, 0.05) is 12.3 Å². The monoisotopic (exact) mass is 259 g/mol. The first-order valence-corrected chi connectivity index (χ1v) is 5.24. The Morgan fingerprint density at radius 1 is 1.65 bits per heavy atom. The van der Waals surface area contributed by atoms with E-state index >= 15 is 0 Å². The van der Waals surface area contributed by atoms with Crippen molar-refractivity contribution in [3.63, 3.8) is 0 Å². The third-order valence-electron chi connectivity index (χ3n) is 2.15. The number of ether oxygens (including phenoxy) is 1. The van der Waals surface area contributed by atoms with Gasteiger partial charge in [-0.15, -0.1) is 12.4 Å². The van der Waals surface area contributed by atoms with Crippen LogP contribution in [0, 0.1) is 0 Å². The number of nitrogens with one attached hydrogen (secondary N) is 1. The van der Waals surface area contributed by atoms with Crippen molar-refractivity contribution in [3.8, 4) is 5.75 Å². The number of halogens is 1. The number of aromatic nitrogens is 1. The maximum Gasteiger partial charge on any atom is 0.242 e. The quantitative estimate of drug-likeness (QED) is 0.842. The van der Waals surface area contributed by atoms with E-state index in [4.69, 9.17) is 10.5 Å². The van der Waals surface area contributed by atoms with Crippen molar-refractivity contribution >= 4 is 24.1 Å². The average molecular weight is 260 g/mol. The molecule has 17 heavy (non-hydrogen) atoms. The van der Waals surface area contributed by atoms with Crippen LogP contribution in [0.25, 0.3) is 0 Å². The molecule has 96 valence electrons. The molecule has 1 rings (SSSR count). The number of pyridine rings is 1. The summed E-state index contributed by atoms with van der Waals surface area (Å²) in [5.74, 6) is 0.882. The molecular formula is C11H18ClN3O2. The van der Waals surface area contributed by atoms with Gasteiger partial charge in [0.2, 0.25) is 5.91 Å². The summed E-state index contributed by atoms with van der Waals surface area (Å²) in [5.41, 5.74) is 5.68. The van der Waals surface area contributed by atoms with E-state index in [-0.39, 0.29) is 18.3 Å². The summed E-state index contributed by atoms with van der Waals surface area (Å²) in [7, 11) is 1.56. The van der Waals surface area contributed by atoms with Crippen molar-refractivity contribution in [2.75, 3.05) is 12.4 Å². The number of anilines is 1. The van der Waals surface area contributed by atoms with E-state index < -0.39 is 6.04 Å². The number of methoxy groups -OCH3 is 1. The van der Waals surface area contributed by atoms with Crippen LogP contribution in [0.5, 0.6) is 5.75 Å². The molecule has 0 radical (unpaired) electrons. The number of carbonyl (C=O) groups is 1. The number of rotatable bonds is 5. The molecule has 1 amide bonds. The number of nitrogens with zero attached hydrogens (tertiary/aromatic N) is 1. The molecule has 0 fully saturated rings. The molecule has 1 aromatic rings. The molecule has 1 atom stereocenters. The second-order valence-corrected chi connectivity index (χ2v) is 3.47. The van der Waals surface area contributed by atoms with E-state index in [1.807, 2.05) is 6.92 Å². The predicted molar refractivity (Wildman–Crippen MR) is 69.6 cm³/mol. The summed E-state index contributed by atoms with van der Waals surface area (Å²) in [5, 5.41) is 2.65. The lowest BCUT2D eigenvalue weighted by Crippen LogP contribution is -2.35. The lowest BCUT2D eigenvalue weighted by molar-refractivity contribution is -0.117. The van der Waals surface area contributed by atoms with Gasteiger partial charge in [-0.2, -0.15) is 0 Å². The van der Waals surface area contributed by atoms with Crippen molar-refractivity contribution in [1.29, 1.82) is 0 Å². The topological polar surface area (TPSA) is 77.2 Å². The highest BCUT2D eigenvalue weighted by Gasteiger charge is 2.12. The summed E-state index contributed by atoms with van der Waals surface area (Å²) in [4.78, 5) is 15.6. The normalized spacial score (nSPS) is 11.2. The molecule has 0 aliphatic heterocycles. The molecule has 1 unspecified atom stereocenters. The summed E-state index contributed by atoms with van der Waals surface area (Å²) in [6.07, 6.45) is 3.11. The first-order chi connectivity index (χ1) is 7.67. The van der Waals surface area contributed by atoms with E-state index in [1.54, 1.807) is 25.4 Å². The number of hydrogen-bond acceptors (Lipinski definition) is 4. The minimum Gasteiger partial charge on any atom is -0.497 e. The molecule has 0 saturated heterocycles. The van der Waals surface area contributed by atoms with Crippen LogP contribution in [0.3, 0.4) is 0 Å². The second-order valence-electron chi connectivity index (χ2n) is 3.47. The van der Waals surface area contributed by atoms with Gasteiger partial charge in [-0.25, -0.2) is 4.98 Å². The van der Waals surface area contributed by atoms with Crippen molar-refractivity contribution < 1.29 is 9.53 Å². The maximum absolute atomic E-state index is 11.6. The number of amides is 1. The van der Waals surface area contributed by atoms with Gasteiger partial charge in [-0.1, -0.05) is 13.3 Å². The Labute approximate surface area is 107 Å². The summed E-state index contributed by atoms with van der Waals surface area (Å²) < 4.78 is 5.02. The fourth-order valence-corrected chi connectivity index (χ4v) is 1.27. The fourth-order valence-electron chi connectivity index (χ4n) is 1.27. The predicted octanol–water partition coefficient (Wildman–Crippen LogP) is 1.58. The Balaban J connectivity index is 0.00000256. The van der Waals surface area contributed by atoms with Crippen molar-refractivity contribution in [2.24, 2.45) is 5.73 Å². The summed E-state index contributed by atoms with van der Waals surface area (Å²) >= 11 is 0. The largest absolute Gasteiger partial charge is 0.497 e. The third-order valence-corrected chi connectivity index (χ3v) is 2.15. The van der Waals surface area contributed by atoms with E-state index in [0.29, 0.717) is 18.0 Å². The molecule has 1 heterocycles. The van der Waals surface area contributed by atoms with Gasteiger partial charge in [0.1, 0.15) is 11.6 Å². The molecule has 6 heteroatoms. The Morgan fingerprint density at radius 3 is 2.94 bits per heavy atom. The highest BCUT2D eigenvalue weighted by atomic mass is 35.5. The molecule has 0 aromatic carbocycles. The van der Waals surface area contributed by atoms with Crippen LogP contribution >= 0.6 is 12.4 Å². The molecule has 5 nitrogen and oxygen atoms in total. The van der Waals surface area contributed by atoms with Gasteiger partial charge in [0.15, 0.2) is 0 Å². The van der Waals surface area contributed by atoms with Crippen LogP contribution < -0.4 is 15.8 Å². The van der Waals surface area contributed by atoms with Gasteiger partial charge in [0.25, 0.3) is 0 Å². The summed E-state index contributed by atoms with van der Waals surface area (Å²) in [6.45, 7) is 1.98. The van der Waals surface area contributed by atoms with E-state index in [0.717, 1.165) is 6.42 Å². The van der Waals surface area contributed by atoms with Crippen LogP contribution in [0.2, 0.25) is 0 Å². The van der Waals surface area contributed by atoms with Crippen LogP contribution in [0.1, 0.15) is 19.8 Å². The molecule has 0 saturated carbocycles. The lowest BCUT2D eigenvalue weighted by Gasteiger charge is -2.10. The van der Waals surface area contributed by atoms with Crippen molar-refractivity contribution in [3.05, 3.63) is 18.3 Å². The van der Waals surface area contributed by atoms with E-state index in [1.165, 1.54) is 0 Å². The van der Waals surface area contributed by atoms with Crippen LogP contribution in [0.4, 0.5) is 5.82 Å². The standard InChI is InChI=1S/C11H17N3O2.ClH/c1-3-4-9(12)11(15)14-10-7-8(16-2)5-6-13-10;/h5-7,9H,3-4,12H2,1-2H3,(H,13,14,15);1H. The number of nitrogens with two attached hydrogens (primary N) is 1. The average Bonchev–Trinajstić information content (AvgIpc) is 2.29. The smallest absolute Gasteiger partial charge is 0.242 e. The zero-order valence-electron chi connectivity index (χ0n) is 9.97. The first-order valence-electron chi connectivity index (χ1n) is 5.24. The SMILES string of the molecule is CCCC(N)C(=O)Nc1cc(OC)ccn1.Cl. The lowest BCUT2D eigenvalue weighted by atomic mass is 10.2. The van der Waals surface area contributed by atoms with Gasteiger partial charge in [0.05, 0.1) is 13.2 Å². The van der Waals surface area contributed by atoms with E-state index in [2.05, 4.69) is 10.3 Å². The van der Waals surface area contributed by atoms with Gasteiger partial charge < -0.3 is 15.8 Å². The Hall–Kier alpha value is -1.33. The molecule has 0 aliphatic rings. The second kappa shape index (κ2) is 7.86. The van der Waals surface area contributed by atoms with Crippen molar-refractivity contribution in [2.45, 2.75) is 25.8 Å². The molecule has 1 aromatic heterocycles. The Kier molecular flexibility index (Phi) is 7.25.